The van der Waals surface area contributed by atoms with E-state index in [9.17, 15) is 14.3 Å². The highest BCUT2D eigenvalue weighted by Crippen LogP contribution is 2.43. The fourth-order valence-corrected chi connectivity index (χ4v) is 7.78. The van der Waals surface area contributed by atoms with Crippen molar-refractivity contribution in [3.8, 4) is 5.75 Å². The maximum atomic E-state index is 14.3. The lowest BCUT2D eigenvalue weighted by molar-refractivity contribution is -0.145. The van der Waals surface area contributed by atoms with Gasteiger partial charge in [-0.3, -0.25) is 14.4 Å². The fraction of sp³-hybridized carbons (Fsp3) is 0.556. The van der Waals surface area contributed by atoms with Gasteiger partial charge in [-0.1, -0.05) is 38.1 Å². The molecule has 0 bridgehead atoms. The summed E-state index contributed by atoms with van der Waals surface area (Å²) in [6, 6.07) is 17.2. The molecule has 2 aliphatic rings. The molecule has 1 saturated heterocycles. The van der Waals surface area contributed by atoms with Crippen LogP contribution in [0.25, 0.3) is 0 Å². The van der Waals surface area contributed by atoms with E-state index >= 15 is 0 Å². The first-order chi connectivity index (χ1) is 21.2. The second kappa shape index (κ2) is 14.2. The zero-order chi connectivity index (χ0) is 31.4. The number of carboxylic acids is 1. The number of aromatic nitrogens is 2. The van der Waals surface area contributed by atoms with Gasteiger partial charge >= 0.3 is 5.97 Å². The molecular formula is C36H49FN4O3. The second-order valence-electron chi connectivity index (χ2n) is 13.2. The minimum atomic E-state index is -0.770. The molecule has 5 rings (SSSR count). The fourth-order valence-electron chi connectivity index (χ4n) is 7.78. The predicted octanol–water partition coefficient (Wildman–Crippen LogP) is 6.42. The highest BCUT2D eigenvalue weighted by Gasteiger charge is 2.42. The molecule has 8 heteroatoms. The van der Waals surface area contributed by atoms with Gasteiger partial charge in [0.15, 0.2) is 0 Å². The standard InChI is InChI=1S/C36H49FN4O3/c1-6-41-34(21-30(38-41)18-25-10-12-32(44-5)13-11-25)26-14-16-40(17-15-26)23-28-20-31(39(4)35(24(2)3)36(42)43)22-33(28)27-8-7-9-29(37)19-27/h7-13,19,21,24,26,28,31,33,35H,6,14-18,20,22-23H2,1-5H3,(H,42,43)/t28-,31+,33-,35-/m1/s1. The Morgan fingerprint density at radius 1 is 1.11 bits per heavy atom. The van der Waals surface area contributed by atoms with Crippen LogP contribution in [0, 0.1) is 17.7 Å². The summed E-state index contributed by atoms with van der Waals surface area (Å²) in [5.74, 6) is 0.933. The Kier molecular flexibility index (Phi) is 10.4. The van der Waals surface area contributed by atoms with Crippen LogP contribution in [0.2, 0.25) is 0 Å². The number of nitrogens with zero attached hydrogens (tertiary/aromatic N) is 4. The molecule has 1 saturated carbocycles. The molecule has 2 aromatic carbocycles. The topological polar surface area (TPSA) is 70.8 Å². The van der Waals surface area contributed by atoms with Crippen molar-refractivity contribution in [2.75, 3.05) is 33.8 Å². The number of hydrogen-bond donors (Lipinski definition) is 1. The molecule has 0 unspecified atom stereocenters. The van der Waals surface area contributed by atoms with Gasteiger partial charge in [-0.2, -0.15) is 5.10 Å². The van der Waals surface area contributed by atoms with E-state index in [1.165, 1.54) is 17.3 Å². The number of aryl methyl sites for hydroxylation is 1. The summed E-state index contributed by atoms with van der Waals surface area (Å²) < 4.78 is 21.8. The second-order valence-corrected chi connectivity index (χ2v) is 13.2. The van der Waals surface area contributed by atoms with Crippen LogP contribution in [0.15, 0.2) is 54.6 Å². The van der Waals surface area contributed by atoms with Gasteiger partial charge in [0.25, 0.3) is 0 Å². The first kappa shape index (κ1) is 32.2. The molecule has 1 aromatic heterocycles. The van der Waals surface area contributed by atoms with Crippen molar-refractivity contribution in [3.63, 3.8) is 0 Å². The van der Waals surface area contributed by atoms with E-state index in [-0.39, 0.29) is 23.7 Å². The number of aliphatic carboxylic acids is 1. The van der Waals surface area contributed by atoms with Crippen molar-refractivity contribution in [2.24, 2.45) is 11.8 Å². The van der Waals surface area contributed by atoms with Crippen molar-refractivity contribution in [1.29, 1.82) is 0 Å². The lowest BCUT2D eigenvalue weighted by atomic mass is 9.87. The molecule has 1 aliphatic heterocycles. The van der Waals surface area contributed by atoms with Crippen LogP contribution < -0.4 is 4.74 Å². The number of ether oxygens (including phenoxy) is 1. The van der Waals surface area contributed by atoms with Gasteiger partial charge in [0.2, 0.25) is 0 Å². The molecule has 44 heavy (non-hydrogen) atoms. The molecule has 7 nitrogen and oxygen atoms in total. The molecule has 0 radical (unpaired) electrons. The number of hydrogen-bond acceptors (Lipinski definition) is 5. The number of benzene rings is 2. The SMILES string of the molecule is CCn1nc(Cc2ccc(OC)cc2)cc1C1CCN(C[C@H]2C[C@H](N(C)[C@@H](C(=O)O)C(C)C)C[C@@H]2c2cccc(F)c2)CC1. The van der Waals surface area contributed by atoms with Crippen molar-refractivity contribution in [2.45, 2.75) is 83.3 Å². The summed E-state index contributed by atoms with van der Waals surface area (Å²) in [6.07, 6.45) is 4.75. The van der Waals surface area contributed by atoms with Crippen molar-refractivity contribution in [3.05, 3.63) is 82.9 Å². The van der Waals surface area contributed by atoms with Crippen LogP contribution in [-0.4, -0.2) is 76.5 Å². The molecule has 2 fully saturated rings. The van der Waals surface area contributed by atoms with Crippen LogP contribution >= 0.6 is 0 Å². The molecule has 1 N–H and O–H groups in total. The minimum Gasteiger partial charge on any atom is -0.497 e. The average molecular weight is 605 g/mol. The summed E-state index contributed by atoms with van der Waals surface area (Å²) in [5.41, 5.74) is 4.71. The monoisotopic (exact) mass is 604 g/mol. The Morgan fingerprint density at radius 2 is 1.84 bits per heavy atom. The van der Waals surface area contributed by atoms with Gasteiger partial charge in [0.05, 0.1) is 12.8 Å². The van der Waals surface area contributed by atoms with E-state index in [4.69, 9.17) is 9.84 Å². The number of rotatable bonds is 12. The third-order valence-electron chi connectivity index (χ3n) is 10.1. The quantitative estimate of drug-likeness (QED) is 0.257. The number of piperidine rings is 1. The van der Waals surface area contributed by atoms with Gasteiger partial charge < -0.3 is 14.7 Å². The van der Waals surface area contributed by atoms with E-state index in [0.29, 0.717) is 11.8 Å². The van der Waals surface area contributed by atoms with E-state index < -0.39 is 12.0 Å². The molecule has 238 valence electrons. The van der Waals surface area contributed by atoms with Crippen LogP contribution in [0.4, 0.5) is 4.39 Å². The Morgan fingerprint density at radius 3 is 2.45 bits per heavy atom. The predicted molar refractivity (Wildman–Crippen MR) is 172 cm³/mol. The van der Waals surface area contributed by atoms with E-state index in [1.807, 2.05) is 39.1 Å². The number of halogens is 1. The summed E-state index contributed by atoms with van der Waals surface area (Å²) in [5, 5.41) is 14.9. The van der Waals surface area contributed by atoms with E-state index in [1.54, 1.807) is 19.2 Å². The number of likely N-dealkylation sites (tertiary alicyclic amines) is 1. The number of methoxy groups -OCH3 is 1. The Bertz CT molecular complexity index is 1380. The van der Waals surface area contributed by atoms with Crippen molar-refractivity contribution < 1.29 is 19.0 Å². The average Bonchev–Trinajstić information content (AvgIpc) is 3.62. The maximum absolute atomic E-state index is 14.3. The summed E-state index contributed by atoms with van der Waals surface area (Å²) in [7, 11) is 3.64. The van der Waals surface area contributed by atoms with Gasteiger partial charge in [-0.15, -0.1) is 0 Å². The van der Waals surface area contributed by atoms with Gasteiger partial charge in [0.1, 0.15) is 17.6 Å². The third kappa shape index (κ3) is 7.35. The molecule has 2 heterocycles. The maximum Gasteiger partial charge on any atom is 0.321 e. The van der Waals surface area contributed by atoms with Crippen molar-refractivity contribution in [1.82, 2.24) is 19.6 Å². The molecule has 4 atom stereocenters. The largest absolute Gasteiger partial charge is 0.497 e. The normalized spacial score (nSPS) is 22.1. The van der Waals surface area contributed by atoms with Gasteiger partial charge in [-0.05, 0) is 112 Å². The third-order valence-corrected chi connectivity index (χ3v) is 10.1. The van der Waals surface area contributed by atoms with Gasteiger partial charge in [-0.25, -0.2) is 4.39 Å². The van der Waals surface area contributed by atoms with Crippen LogP contribution in [0.5, 0.6) is 5.75 Å². The molecular weight excluding hydrogens is 555 g/mol. The first-order valence-electron chi connectivity index (χ1n) is 16.3. The number of carboxylic acid groups (broad SMARTS) is 1. The van der Waals surface area contributed by atoms with Gasteiger partial charge in [0, 0.05) is 37.2 Å². The van der Waals surface area contributed by atoms with E-state index in [0.717, 1.165) is 75.3 Å². The molecule has 3 aromatic rings. The van der Waals surface area contributed by atoms with E-state index in [2.05, 4.69) is 39.6 Å². The lowest BCUT2D eigenvalue weighted by Gasteiger charge is -2.35. The Balaban J connectivity index is 1.25. The molecule has 0 amide bonds. The zero-order valence-electron chi connectivity index (χ0n) is 27.0. The van der Waals surface area contributed by atoms with Crippen LogP contribution in [0.1, 0.15) is 80.8 Å². The summed E-state index contributed by atoms with van der Waals surface area (Å²) in [6.45, 7) is 9.96. The minimum absolute atomic E-state index is 0.0106. The Labute approximate surface area is 262 Å². The number of likely N-dealkylation sites (N-methyl/N-ethyl adjacent to an activating group) is 1. The smallest absolute Gasteiger partial charge is 0.321 e. The van der Waals surface area contributed by atoms with Crippen molar-refractivity contribution >= 4 is 5.97 Å². The van der Waals surface area contributed by atoms with Crippen LogP contribution in [0.3, 0.4) is 0 Å². The zero-order valence-corrected chi connectivity index (χ0v) is 27.0. The number of carbonyl (C=O) groups is 1. The highest BCUT2D eigenvalue weighted by atomic mass is 19.1. The highest BCUT2D eigenvalue weighted by molar-refractivity contribution is 5.73. The lowest BCUT2D eigenvalue weighted by Crippen LogP contribution is -2.47. The summed E-state index contributed by atoms with van der Waals surface area (Å²) >= 11 is 0. The molecule has 1 aliphatic carbocycles. The molecule has 0 spiro atoms. The Hall–Kier alpha value is -3.23. The van der Waals surface area contributed by atoms with Crippen LogP contribution in [-0.2, 0) is 17.8 Å². The summed E-state index contributed by atoms with van der Waals surface area (Å²) in [4.78, 5) is 16.8. The first-order valence-corrected chi connectivity index (χ1v) is 16.3.